The Morgan fingerprint density at radius 1 is 1.17 bits per heavy atom. The van der Waals surface area contributed by atoms with Crippen molar-refractivity contribution in [3.05, 3.63) is 66.7 Å². The highest BCUT2D eigenvalue weighted by Crippen LogP contribution is 2.67. The van der Waals surface area contributed by atoms with Crippen molar-refractivity contribution >= 4 is 11.8 Å². The van der Waals surface area contributed by atoms with Gasteiger partial charge in [0.25, 0.3) is 0 Å². The van der Waals surface area contributed by atoms with Gasteiger partial charge in [0.15, 0.2) is 0 Å². The minimum atomic E-state index is -0.330. The number of likely N-dealkylation sites (N-methyl/N-ethyl adjacent to an activating group) is 1. The average molecular weight is 393 g/mol. The van der Waals surface area contributed by atoms with Gasteiger partial charge in [-0.1, -0.05) is 60.7 Å². The summed E-state index contributed by atoms with van der Waals surface area (Å²) in [6.45, 7) is 0.970. The summed E-state index contributed by atoms with van der Waals surface area (Å²) in [5.74, 6) is 1.06. The van der Waals surface area contributed by atoms with E-state index in [4.69, 9.17) is 4.74 Å². The van der Waals surface area contributed by atoms with E-state index >= 15 is 0 Å². The molecular formula is C25H32N2O2. The highest BCUT2D eigenvalue weighted by Gasteiger charge is 2.70. The third-order valence-corrected chi connectivity index (χ3v) is 6.21. The second kappa shape index (κ2) is 8.42. The number of amides is 1. The molecule has 4 rings (SSSR count). The Balaban J connectivity index is 0.00000256. The highest BCUT2D eigenvalue weighted by atomic mass is 16.6. The molecular weight excluding hydrogens is 360 g/mol. The van der Waals surface area contributed by atoms with Gasteiger partial charge in [0.2, 0.25) is 0 Å². The second-order valence-corrected chi connectivity index (χ2v) is 8.53. The molecule has 0 saturated heterocycles. The summed E-state index contributed by atoms with van der Waals surface area (Å²) in [5, 5.41) is 2.99. The Hall–Kier alpha value is -2.59. The molecule has 2 aliphatic rings. The van der Waals surface area contributed by atoms with Crippen LogP contribution in [0.25, 0.3) is 11.1 Å². The van der Waals surface area contributed by atoms with Gasteiger partial charge in [0.1, 0.15) is 5.60 Å². The number of carbonyl (C=O) groups is 1. The summed E-state index contributed by atoms with van der Waals surface area (Å²) in [6, 6.07) is 18.0. The normalized spacial score (nSPS) is 24.8. The largest absolute Gasteiger partial charge is 0.442 e. The quantitative estimate of drug-likeness (QED) is 0.575. The Bertz CT molecular complexity index is 884. The molecule has 2 saturated carbocycles. The van der Waals surface area contributed by atoms with Gasteiger partial charge >= 0.3 is 6.09 Å². The van der Waals surface area contributed by atoms with Gasteiger partial charge in [-0.15, -0.1) is 0 Å². The van der Waals surface area contributed by atoms with Gasteiger partial charge in [-0.25, -0.2) is 4.79 Å². The van der Waals surface area contributed by atoms with Crippen LogP contribution < -0.4 is 5.32 Å². The fourth-order valence-corrected chi connectivity index (χ4v) is 4.53. The SMILES string of the molecule is CN(C)C/C=C\CCC1CC2CC12OC(=O)Nc1ccccc1-c1ccccc1.[HH]. The monoisotopic (exact) mass is 392 g/mol. The van der Waals surface area contributed by atoms with Crippen molar-refractivity contribution in [3.63, 3.8) is 0 Å². The molecule has 1 amide bonds. The maximum absolute atomic E-state index is 12.7. The molecule has 0 bridgehead atoms. The van der Waals surface area contributed by atoms with E-state index in [1.54, 1.807) is 0 Å². The number of para-hydroxylation sites is 1. The lowest BCUT2D eigenvalue weighted by molar-refractivity contribution is -0.0135. The number of anilines is 1. The molecule has 2 aliphatic carbocycles. The number of ether oxygens (including phenoxy) is 1. The number of hydrogen-bond acceptors (Lipinski definition) is 3. The van der Waals surface area contributed by atoms with Crippen LogP contribution in [-0.4, -0.2) is 37.2 Å². The number of allylic oxidation sites excluding steroid dienone is 1. The van der Waals surface area contributed by atoms with Crippen molar-refractivity contribution in [3.8, 4) is 11.1 Å². The summed E-state index contributed by atoms with van der Waals surface area (Å²) in [4.78, 5) is 14.8. The molecule has 0 aliphatic heterocycles. The molecule has 0 spiro atoms. The van der Waals surface area contributed by atoms with Gasteiger partial charge in [-0.2, -0.15) is 0 Å². The fraction of sp³-hybridized carbons (Fsp3) is 0.400. The Morgan fingerprint density at radius 2 is 1.93 bits per heavy atom. The molecule has 2 aromatic rings. The minimum Gasteiger partial charge on any atom is -0.442 e. The molecule has 4 nitrogen and oxygen atoms in total. The van der Waals surface area contributed by atoms with Crippen molar-refractivity contribution in [2.75, 3.05) is 26.0 Å². The number of carbonyl (C=O) groups excluding carboxylic acids is 1. The van der Waals surface area contributed by atoms with Crippen LogP contribution in [0.5, 0.6) is 0 Å². The lowest BCUT2D eigenvalue weighted by Crippen LogP contribution is -2.40. The van der Waals surface area contributed by atoms with E-state index in [1.165, 1.54) is 6.42 Å². The minimum absolute atomic E-state index is 0. The van der Waals surface area contributed by atoms with Gasteiger partial charge in [-0.3, -0.25) is 5.32 Å². The lowest BCUT2D eigenvalue weighted by atomic mass is 9.78. The van der Waals surface area contributed by atoms with Crippen molar-refractivity contribution < 1.29 is 11.0 Å². The van der Waals surface area contributed by atoms with Gasteiger partial charge in [0.05, 0.1) is 5.69 Å². The first-order chi connectivity index (χ1) is 14.1. The molecule has 0 radical (unpaired) electrons. The number of fused-ring (bicyclic) bond motifs is 1. The van der Waals surface area contributed by atoms with Crippen LogP contribution in [0.3, 0.4) is 0 Å². The predicted octanol–water partition coefficient (Wildman–Crippen LogP) is 5.82. The molecule has 2 aromatic carbocycles. The van der Waals surface area contributed by atoms with E-state index in [2.05, 4.69) is 36.5 Å². The molecule has 0 aromatic heterocycles. The number of rotatable bonds is 8. The third kappa shape index (κ3) is 4.38. The first-order valence-corrected chi connectivity index (χ1v) is 10.5. The zero-order valence-corrected chi connectivity index (χ0v) is 17.3. The van der Waals surface area contributed by atoms with Crippen LogP contribution in [0, 0.1) is 11.8 Å². The molecule has 3 unspecified atom stereocenters. The van der Waals surface area contributed by atoms with Crippen LogP contribution in [0.1, 0.15) is 27.1 Å². The van der Waals surface area contributed by atoms with E-state index in [0.29, 0.717) is 11.8 Å². The topological polar surface area (TPSA) is 41.6 Å². The standard InChI is InChI=1S/C25H30N2O2.H2/c1-27(2)16-10-4-7-13-20-17-21-18-25(20,21)29-24(28)26-23-15-9-8-14-22(23)19-11-5-3-6-12-19;/h3-6,8-12,14-15,20-21H,7,13,16-18H2,1-2H3,(H,26,28);1H/b10-4-;. The van der Waals surface area contributed by atoms with Gasteiger partial charge in [-0.05, 0) is 57.3 Å². The molecule has 154 valence electrons. The van der Waals surface area contributed by atoms with Crippen molar-refractivity contribution in [2.45, 2.75) is 31.3 Å². The summed E-state index contributed by atoms with van der Waals surface area (Å²) in [6.07, 6.45) is 8.48. The summed E-state index contributed by atoms with van der Waals surface area (Å²) in [5.41, 5.74) is 2.67. The van der Waals surface area contributed by atoms with Crippen molar-refractivity contribution in [1.82, 2.24) is 4.90 Å². The molecule has 2 fully saturated rings. The van der Waals surface area contributed by atoms with Crippen molar-refractivity contribution in [2.24, 2.45) is 11.8 Å². The number of hydrogen-bond donors (Lipinski definition) is 1. The highest BCUT2D eigenvalue weighted by molar-refractivity contribution is 5.91. The van der Waals surface area contributed by atoms with E-state index in [9.17, 15) is 4.79 Å². The lowest BCUT2D eigenvalue weighted by Gasteiger charge is -2.35. The Morgan fingerprint density at radius 3 is 2.66 bits per heavy atom. The van der Waals surface area contributed by atoms with Crippen LogP contribution in [-0.2, 0) is 4.74 Å². The number of nitrogens with one attached hydrogen (secondary N) is 1. The average Bonchev–Trinajstić information content (AvgIpc) is 3.28. The maximum atomic E-state index is 12.7. The smallest absolute Gasteiger partial charge is 0.412 e. The molecule has 4 heteroatoms. The van der Waals surface area contributed by atoms with E-state index in [0.717, 1.165) is 42.6 Å². The van der Waals surface area contributed by atoms with Crippen LogP contribution in [0.2, 0.25) is 0 Å². The summed E-state index contributed by atoms with van der Waals surface area (Å²) >= 11 is 0. The van der Waals surface area contributed by atoms with E-state index in [-0.39, 0.29) is 13.1 Å². The number of nitrogens with zero attached hydrogens (tertiary/aromatic N) is 1. The first-order valence-electron chi connectivity index (χ1n) is 10.5. The van der Waals surface area contributed by atoms with Gasteiger partial charge in [0, 0.05) is 19.5 Å². The molecule has 0 heterocycles. The zero-order chi connectivity index (χ0) is 20.3. The second-order valence-electron chi connectivity index (χ2n) is 8.53. The summed E-state index contributed by atoms with van der Waals surface area (Å²) in [7, 11) is 4.14. The van der Waals surface area contributed by atoms with Crippen LogP contribution in [0.4, 0.5) is 10.5 Å². The number of benzene rings is 2. The Labute approximate surface area is 175 Å². The fourth-order valence-electron chi connectivity index (χ4n) is 4.53. The van der Waals surface area contributed by atoms with Crippen LogP contribution in [0.15, 0.2) is 66.7 Å². The zero-order valence-electron chi connectivity index (χ0n) is 17.3. The Kier molecular flexibility index (Phi) is 5.72. The molecule has 1 N–H and O–H groups in total. The van der Waals surface area contributed by atoms with E-state index in [1.807, 2.05) is 54.6 Å². The first kappa shape index (κ1) is 19.7. The van der Waals surface area contributed by atoms with Gasteiger partial charge < -0.3 is 9.64 Å². The van der Waals surface area contributed by atoms with E-state index < -0.39 is 0 Å². The summed E-state index contributed by atoms with van der Waals surface area (Å²) < 4.78 is 5.97. The third-order valence-electron chi connectivity index (χ3n) is 6.21. The maximum Gasteiger partial charge on any atom is 0.412 e. The van der Waals surface area contributed by atoms with Crippen LogP contribution >= 0.6 is 0 Å². The predicted molar refractivity (Wildman–Crippen MR) is 120 cm³/mol. The van der Waals surface area contributed by atoms with Crippen molar-refractivity contribution in [1.29, 1.82) is 0 Å². The molecule has 3 atom stereocenters. The molecule has 29 heavy (non-hydrogen) atoms.